The van der Waals surface area contributed by atoms with Crippen LogP contribution in [-0.2, 0) is 17.0 Å². The minimum Gasteiger partial charge on any atom is -0.495 e. The van der Waals surface area contributed by atoms with Crippen LogP contribution in [0.15, 0.2) is 65.1 Å². The fourth-order valence-electron chi connectivity index (χ4n) is 4.26. The molecule has 2 aromatic heterocycles. The molecule has 3 heterocycles. The number of amides is 2. The van der Waals surface area contributed by atoms with E-state index in [1.54, 1.807) is 12.5 Å². The number of thiazole rings is 1. The Bertz CT molecular complexity index is 1400. The van der Waals surface area contributed by atoms with Crippen LogP contribution in [-0.4, -0.2) is 51.3 Å². The maximum Gasteiger partial charge on any atom is 0.271 e. The second-order valence-corrected chi connectivity index (χ2v) is 10.7. The highest BCUT2D eigenvalue weighted by molar-refractivity contribution is 7.98. The van der Waals surface area contributed by atoms with Gasteiger partial charge in [0.2, 0.25) is 5.91 Å². The van der Waals surface area contributed by atoms with Gasteiger partial charge >= 0.3 is 0 Å². The lowest BCUT2D eigenvalue weighted by molar-refractivity contribution is -0.122. The summed E-state index contributed by atoms with van der Waals surface area (Å²) in [5.74, 6) is 1.56. The number of carbonyl (C=O) groups excluding carboxylic acids is 2. The normalized spacial score (nSPS) is 15.5. The molecule has 11 heteroatoms. The molecule has 4 aromatic rings. The number of nitrogens with zero attached hydrogens (tertiary/aromatic N) is 4. The first-order valence-corrected chi connectivity index (χ1v) is 14.3. The Morgan fingerprint density at radius 3 is 2.82 bits per heavy atom. The van der Waals surface area contributed by atoms with Gasteiger partial charge in [-0.1, -0.05) is 54.2 Å². The molecule has 1 aliphatic rings. The Kier molecular flexibility index (Phi) is 8.34. The van der Waals surface area contributed by atoms with Crippen LogP contribution in [0, 0.1) is 0 Å². The van der Waals surface area contributed by atoms with E-state index < -0.39 is 6.04 Å². The summed E-state index contributed by atoms with van der Waals surface area (Å²) < 4.78 is 7.65. The molecule has 38 heavy (non-hydrogen) atoms. The van der Waals surface area contributed by atoms with Crippen molar-refractivity contribution in [3.8, 4) is 11.4 Å². The Morgan fingerprint density at radius 1 is 1.16 bits per heavy atom. The van der Waals surface area contributed by atoms with E-state index in [1.165, 1.54) is 23.1 Å². The molecule has 1 fully saturated rings. The summed E-state index contributed by atoms with van der Waals surface area (Å²) in [4.78, 5) is 29.5. The van der Waals surface area contributed by atoms with Crippen molar-refractivity contribution in [2.75, 3.05) is 13.7 Å². The van der Waals surface area contributed by atoms with Gasteiger partial charge < -0.3 is 15.4 Å². The second-order valence-electron chi connectivity index (χ2n) is 8.80. The van der Waals surface area contributed by atoms with Crippen LogP contribution >= 0.6 is 23.1 Å². The van der Waals surface area contributed by atoms with Crippen LogP contribution < -0.4 is 15.4 Å². The Morgan fingerprint density at radius 2 is 1.97 bits per heavy atom. The van der Waals surface area contributed by atoms with Crippen LogP contribution in [0.2, 0.25) is 0 Å². The largest absolute Gasteiger partial charge is 0.495 e. The van der Waals surface area contributed by atoms with Crippen molar-refractivity contribution in [1.82, 2.24) is 30.4 Å². The van der Waals surface area contributed by atoms with Gasteiger partial charge in [0.25, 0.3) is 5.91 Å². The highest BCUT2D eigenvalue weighted by Crippen LogP contribution is 2.31. The second kappa shape index (κ2) is 12.2. The van der Waals surface area contributed by atoms with Gasteiger partial charge in [-0.15, -0.1) is 21.5 Å². The molecule has 5 rings (SSSR count). The number of carbonyl (C=O) groups is 2. The lowest BCUT2D eigenvalue weighted by atomic mass is 10.1. The van der Waals surface area contributed by atoms with E-state index in [9.17, 15) is 9.59 Å². The zero-order valence-electron chi connectivity index (χ0n) is 20.9. The van der Waals surface area contributed by atoms with E-state index in [0.717, 1.165) is 40.7 Å². The fraction of sp³-hybridized carbons (Fsp3) is 0.296. The third-order valence-electron chi connectivity index (χ3n) is 6.18. The third-order valence-corrected chi connectivity index (χ3v) is 8.15. The van der Waals surface area contributed by atoms with Crippen molar-refractivity contribution >= 4 is 34.9 Å². The highest BCUT2D eigenvalue weighted by atomic mass is 32.2. The monoisotopic (exact) mass is 548 g/mol. The smallest absolute Gasteiger partial charge is 0.271 e. The first-order valence-electron chi connectivity index (χ1n) is 12.4. The van der Waals surface area contributed by atoms with E-state index >= 15 is 0 Å². The molecule has 1 aliphatic heterocycles. The van der Waals surface area contributed by atoms with Crippen LogP contribution in [0.5, 0.6) is 5.75 Å². The van der Waals surface area contributed by atoms with Gasteiger partial charge in [0.1, 0.15) is 28.3 Å². The molecule has 0 radical (unpaired) electrons. The van der Waals surface area contributed by atoms with Crippen LogP contribution in [0.1, 0.15) is 46.1 Å². The summed E-state index contributed by atoms with van der Waals surface area (Å²) in [5, 5.41) is 17.9. The highest BCUT2D eigenvalue weighted by Gasteiger charge is 2.24. The van der Waals surface area contributed by atoms with E-state index in [-0.39, 0.29) is 11.8 Å². The predicted molar refractivity (Wildman–Crippen MR) is 147 cm³/mol. The fourth-order valence-corrected chi connectivity index (χ4v) is 6.02. The molecule has 2 aromatic carbocycles. The molecule has 0 saturated carbocycles. The summed E-state index contributed by atoms with van der Waals surface area (Å²) in [6.07, 6.45) is 3.06. The summed E-state index contributed by atoms with van der Waals surface area (Å²) in [6, 6.07) is 17.4. The molecule has 0 bridgehead atoms. The number of benzene rings is 2. The molecule has 2 amide bonds. The minimum absolute atomic E-state index is 0.135. The number of methoxy groups -OCH3 is 1. The number of hydrogen-bond acceptors (Lipinski definition) is 8. The van der Waals surface area contributed by atoms with Crippen molar-refractivity contribution in [1.29, 1.82) is 0 Å². The number of hydrogen-bond donors (Lipinski definition) is 2. The van der Waals surface area contributed by atoms with Gasteiger partial charge in [-0.2, -0.15) is 0 Å². The molecule has 1 unspecified atom stereocenters. The van der Waals surface area contributed by atoms with Gasteiger partial charge in [0, 0.05) is 18.3 Å². The Labute approximate surface area is 229 Å². The topological polar surface area (TPSA) is 111 Å². The molecular weight excluding hydrogens is 520 g/mol. The number of thioether (sulfide) groups is 1. The van der Waals surface area contributed by atoms with Crippen molar-refractivity contribution in [3.63, 3.8) is 0 Å². The molecule has 0 aliphatic carbocycles. The SMILES string of the molecule is COc1ccccc1-n1c(Cc2ccccc2)nnc1SCc1nc(C(=O)NC2CCCCNC2=O)cs1. The van der Waals surface area contributed by atoms with Crippen LogP contribution in [0.25, 0.3) is 5.69 Å². The van der Waals surface area contributed by atoms with Gasteiger partial charge in [-0.3, -0.25) is 14.2 Å². The molecule has 9 nitrogen and oxygen atoms in total. The van der Waals surface area contributed by atoms with Crippen molar-refractivity contribution in [2.24, 2.45) is 0 Å². The van der Waals surface area contributed by atoms with E-state index in [0.29, 0.717) is 36.0 Å². The minimum atomic E-state index is -0.521. The Hall–Kier alpha value is -3.70. The van der Waals surface area contributed by atoms with Crippen molar-refractivity contribution < 1.29 is 14.3 Å². The lowest BCUT2D eigenvalue weighted by Crippen LogP contribution is -2.45. The maximum absolute atomic E-state index is 12.8. The van der Waals surface area contributed by atoms with Crippen molar-refractivity contribution in [2.45, 2.75) is 42.6 Å². The molecule has 0 spiro atoms. The zero-order chi connectivity index (χ0) is 26.3. The summed E-state index contributed by atoms with van der Waals surface area (Å²) in [5.41, 5.74) is 2.30. The quantitative estimate of drug-likeness (QED) is 0.304. The molecule has 196 valence electrons. The first kappa shape index (κ1) is 25.9. The lowest BCUT2D eigenvalue weighted by Gasteiger charge is -2.14. The summed E-state index contributed by atoms with van der Waals surface area (Å²) >= 11 is 2.90. The van der Waals surface area contributed by atoms with E-state index in [2.05, 4.69) is 37.9 Å². The predicted octanol–water partition coefficient (Wildman–Crippen LogP) is 4.01. The standard InChI is InChI=1S/C27H28N6O3S2/c1-36-22-13-6-5-12-21(22)33-23(15-18-9-3-2-4-10-18)31-32-27(33)38-17-24-29-20(16-37-24)26(35)30-19-11-7-8-14-28-25(19)34/h2-6,9-10,12-13,16,19H,7-8,11,14-15,17H2,1H3,(H,28,34)(H,30,35). The molecule has 1 saturated heterocycles. The number of ether oxygens (including phenoxy) is 1. The van der Waals surface area contributed by atoms with Gasteiger partial charge in [0.15, 0.2) is 5.16 Å². The molecule has 2 N–H and O–H groups in total. The third kappa shape index (κ3) is 6.05. The first-order chi connectivity index (χ1) is 18.6. The summed E-state index contributed by atoms with van der Waals surface area (Å²) in [7, 11) is 1.65. The number of para-hydroxylation sites is 2. The summed E-state index contributed by atoms with van der Waals surface area (Å²) in [6.45, 7) is 0.649. The average molecular weight is 549 g/mol. The Balaban J connectivity index is 1.33. The van der Waals surface area contributed by atoms with Gasteiger partial charge in [0.05, 0.1) is 18.6 Å². The van der Waals surface area contributed by atoms with E-state index in [1.807, 2.05) is 47.0 Å². The van der Waals surface area contributed by atoms with Gasteiger partial charge in [-0.25, -0.2) is 4.98 Å². The molecule has 1 atom stereocenters. The average Bonchev–Trinajstić information content (AvgIpc) is 3.53. The van der Waals surface area contributed by atoms with Gasteiger partial charge in [-0.05, 0) is 37.0 Å². The van der Waals surface area contributed by atoms with Crippen LogP contribution in [0.4, 0.5) is 0 Å². The van der Waals surface area contributed by atoms with E-state index in [4.69, 9.17) is 4.74 Å². The zero-order valence-corrected chi connectivity index (χ0v) is 22.6. The molecular formula is C27H28N6O3S2. The van der Waals surface area contributed by atoms with Crippen LogP contribution in [0.3, 0.4) is 0 Å². The number of rotatable bonds is 9. The maximum atomic E-state index is 12.8. The number of aromatic nitrogens is 4. The number of nitrogens with one attached hydrogen (secondary N) is 2. The van der Waals surface area contributed by atoms with Crippen molar-refractivity contribution in [3.05, 3.63) is 82.1 Å².